The number of halogens is 2. The molecule has 1 aromatic rings. The molecule has 3 nitrogen and oxygen atoms in total. The van der Waals surface area contributed by atoms with Crippen molar-refractivity contribution in [2.45, 2.75) is 19.3 Å². The number of carbonyl (C=O) groups excluding carboxylic acids is 1. The summed E-state index contributed by atoms with van der Waals surface area (Å²) in [6, 6.07) is 5.21. The highest BCUT2D eigenvalue weighted by Gasteiger charge is 2.42. The average Bonchev–Trinajstić information content (AvgIpc) is 3.13. The Kier molecular flexibility index (Phi) is 4.87. The highest BCUT2D eigenvalue weighted by atomic mass is 79.9. The number of hydrogen-bond donors (Lipinski definition) is 1. The van der Waals surface area contributed by atoms with E-state index in [1.54, 1.807) is 25.3 Å². The summed E-state index contributed by atoms with van der Waals surface area (Å²) in [5.41, 5.74) is 0.837. The van der Waals surface area contributed by atoms with Crippen LogP contribution in [0.25, 0.3) is 0 Å². The maximum atomic E-state index is 12.1. The number of amides is 1. The van der Waals surface area contributed by atoms with Crippen LogP contribution in [0.15, 0.2) is 22.7 Å². The van der Waals surface area contributed by atoms with Crippen LogP contribution < -0.4 is 5.32 Å². The average molecular weight is 347 g/mol. The molecule has 5 heteroatoms. The van der Waals surface area contributed by atoms with Crippen molar-refractivity contribution in [3.05, 3.63) is 33.3 Å². The topological polar surface area (TPSA) is 38.3 Å². The highest BCUT2D eigenvalue weighted by Crippen LogP contribution is 2.48. The van der Waals surface area contributed by atoms with Crippen molar-refractivity contribution >= 4 is 33.4 Å². The summed E-state index contributed by atoms with van der Waals surface area (Å²) in [6.45, 7) is 1.46. The molecule has 0 heterocycles. The van der Waals surface area contributed by atoms with Gasteiger partial charge in [-0.05, 0) is 42.9 Å². The first-order chi connectivity index (χ1) is 9.04. The molecule has 0 spiro atoms. The van der Waals surface area contributed by atoms with E-state index < -0.39 is 0 Å². The van der Waals surface area contributed by atoms with Crippen molar-refractivity contribution in [3.8, 4) is 0 Å². The van der Waals surface area contributed by atoms with Gasteiger partial charge in [-0.2, -0.15) is 0 Å². The molecule has 0 aliphatic heterocycles. The summed E-state index contributed by atoms with van der Waals surface area (Å²) < 4.78 is 5.92. The normalized spacial score (nSPS) is 16.2. The molecule has 0 radical (unpaired) electrons. The van der Waals surface area contributed by atoms with Crippen LogP contribution in [0.1, 0.15) is 29.6 Å². The fourth-order valence-electron chi connectivity index (χ4n) is 2.07. The lowest BCUT2D eigenvalue weighted by Gasteiger charge is -2.15. The number of ether oxygens (including phenoxy) is 1. The van der Waals surface area contributed by atoms with Gasteiger partial charge in [0.25, 0.3) is 5.91 Å². The van der Waals surface area contributed by atoms with E-state index in [2.05, 4.69) is 21.2 Å². The molecular formula is C14H17BrClNO2. The standard InChI is InChI=1S/C14H17BrClNO2/c1-19-5-4-14(2-3-14)9-17-13(18)10-6-11(15)8-12(16)7-10/h6-8H,2-5,9H2,1H3,(H,17,18). The Morgan fingerprint density at radius 2 is 2.21 bits per heavy atom. The Labute approximate surface area is 126 Å². The van der Waals surface area contributed by atoms with Crippen molar-refractivity contribution in [1.29, 1.82) is 0 Å². The van der Waals surface area contributed by atoms with Crippen LogP contribution in [0.4, 0.5) is 0 Å². The van der Waals surface area contributed by atoms with Crippen LogP contribution in [0.5, 0.6) is 0 Å². The van der Waals surface area contributed by atoms with Crippen molar-refractivity contribution < 1.29 is 9.53 Å². The summed E-state index contributed by atoms with van der Waals surface area (Å²) in [7, 11) is 1.71. The molecule has 19 heavy (non-hydrogen) atoms. The number of hydrogen-bond acceptors (Lipinski definition) is 2. The van der Waals surface area contributed by atoms with E-state index in [9.17, 15) is 4.79 Å². The quantitative estimate of drug-likeness (QED) is 0.854. The van der Waals surface area contributed by atoms with Gasteiger partial charge in [0.2, 0.25) is 0 Å². The molecule has 0 unspecified atom stereocenters. The van der Waals surface area contributed by atoms with Crippen molar-refractivity contribution in [2.24, 2.45) is 5.41 Å². The largest absolute Gasteiger partial charge is 0.385 e. The van der Waals surface area contributed by atoms with Crippen LogP contribution in [0, 0.1) is 5.41 Å². The predicted octanol–water partition coefficient (Wildman–Crippen LogP) is 3.65. The molecule has 1 amide bonds. The van der Waals surface area contributed by atoms with Gasteiger partial charge < -0.3 is 10.1 Å². The molecule has 104 valence electrons. The molecule has 0 atom stereocenters. The van der Waals surface area contributed by atoms with Gasteiger partial charge in [0.15, 0.2) is 0 Å². The third-order valence-electron chi connectivity index (χ3n) is 3.54. The molecule has 0 aromatic heterocycles. The van der Waals surface area contributed by atoms with Crippen LogP contribution in [-0.2, 0) is 4.74 Å². The number of methoxy groups -OCH3 is 1. The summed E-state index contributed by atoms with van der Waals surface area (Å²) in [5, 5.41) is 3.55. The van der Waals surface area contributed by atoms with Gasteiger partial charge in [-0.15, -0.1) is 0 Å². The fourth-order valence-corrected chi connectivity index (χ4v) is 2.93. The second kappa shape index (κ2) is 6.25. The zero-order valence-electron chi connectivity index (χ0n) is 10.8. The Morgan fingerprint density at radius 1 is 1.47 bits per heavy atom. The Bertz CT molecular complexity index is 454. The van der Waals surface area contributed by atoms with E-state index in [1.165, 1.54) is 0 Å². The van der Waals surface area contributed by atoms with Crippen molar-refractivity contribution in [1.82, 2.24) is 5.32 Å². The monoisotopic (exact) mass is 345 g/mol. The van der Waals surface area contributed by atoms with Crippen molar-refractivity contribution in [3.63, 3.8) is 0 Å². The van der Waals surface area contributed by atoms with Crippen LogP contribution in [0.3, 0.4) is 0 Å². The highest BCUT2D eigenvalue weighted by molar-refractivity contribution is 9.10. The summed E-state index contributed by atoms with van der Waals surface area (Å²) in [4.78, 5) is 12.1. The van der Waals surface area contributed by atoms with Gasteiger partial charge in [-0.3, -0.25) is 4.79 Å². The lowest BCUT2D eigenvalue weighted by Crippen LogP contribution is -2.30. The minimum Gasteiger partial charge on any atom is -0.385 e. The van der Waals surface area contributed by atoms with Gasteiger partial charge in [-0.25, -0.2) is 0 Å². The lowest BCUT2D eigenvalue weighted by molar-refractivity contribution is 0.0938. The predicted molar refractivity (Wildman–Crippen MR) is 79.6 cm³/mol. The summed E-state index contributed by atoms with van der Waals surface area (Å²) >= 11 is 9.28. The zero-order valence-corrected chi connectivity index (χ0v) is 13.2. The van der Waals surface area contributed by atoms with E-state index in [4.69, 9.17) is 16.3 Å². The van der Waals surface area contributed by atoms with E-state index in [1.807, 2.05) is 0 Å². The minimum atomic E-state index is -0.0770. The maximum absolute atomic E-state index is 12.1. The van der Waals surface area contributed by atoms with Crippen LogP contribution in [0.2, 0.25) is 5.02 Å². The summed E-state index contributed by atoms with van der Waals surface area (Å²) in [6.07, 6.45) is 3.33. The molecule has 0 saturated heterocycles. The third kappa shape index (κ3) is 4.20. The van der Waals surface area contributed by atoms with Crippen LogP contribution in [-0.4, -0.2) is 26.2 Å². The lowest BCUT2D eigenvalue weighted by atomic mass is 10.0. The molecular weight excluding hydrogens is 330 g/mol. The zero-order chi connectivity index (χ0) is 13.9. The third-order valence-corrected chi connectivity index (χ3v) is 4.22. The van der Waals surface area contributed by atoms with E-state index in [0.717, 1.165) is 30.3 Å². The van der Waals surface area contributed by atoms with Gasteiger partial charge in [0.05, 0.1) is 0 Å². The maximum Gasteiger partial charge on any atom is 0.251 e. The van der Waals surface area contributed by atoms with E-state index in [0.29, 0.717) is 17.1 Å². The molecule has 1 aromatic carbocycles. The number of rotatable bonds is 6. The number of benzene rings is 1. The smallest absolute Gasteiger partial charge is 0.251 e. The van der Waals surface area contributed by atoms with Gasteiger partial charge >= 0.3 is 0 Å². The first-order valence-corrected chi connectivity index (χ1v) is 7.45. The summed E-state index contributed by atoms with van der Waals surface area (Å²) in [5.74, 6) is -0.0770. The van der Waals surface area contributed by atoms with E-state index in [-0.39, 0.29) is 11.3 Å². The molecule has 1 fully saturated rings. The molecule has 1 aliphatic carbocycles. The molecule has 1 N–H and O–H groups in total. The molecule has 2 rings (SSSR count). The Hall–Kier alpha value is -0.580. The molecule has 1 saturated carbocycles. The Balaban J connectivity index is 1.91. The second-order valence-electron chi connectivity index (χ2n) is 5.08. The first-order valence-electron chi connectivity index (χ1n) is 6.28. The minimum absolute atomic E-state index is 0.0770. The van der Waals surface area contributed by atoms with Crippen LogP contribution >= 0.6 is 27.5 Å². The fraction of sp³-hybridized carbons (Fsp3) is 0.500. The second-order valence-corrected chi connectivity index (χ2v) is 6.44. The first kappa shape index (κ1) is 14.8. The van der Waals surface area contributed by atoms with Gasteiger partial charge in [0.1, 0.15) is 0 Å². The van der Waals surface area contributed by atoms with Crippen molar-refractivity contribution in [2.75, 3.05) is 20.3 Å². The van der Waals surface area contributed by atoms with Gasteiger partial charge in [0, 0.05) is 35.3 Å². The van der Waals surface area contributed by atoms with E-state index >= 15 is 0 Å². The number of carbonyl (C=O) groups is 1. The van der Waals surface area contributed by atoms with Gasteiger partial charge in [-0.1, -0.05) is 27.5 Å². The molecule has 0 bridgehead atoms. The SMILES string of the molecule is COCCC1(CNC(=O)c2cc(Cl)cc(Br)c2)CC1. The molecule has 1 aliphatic rings. The number of nitrogens with one attached hydrogen (secondary N) is 1. The Morgan fingerprint density at radius 3 is 2.79 bits per heavy atom.